The van der Waals surface area contributed by atoms with Gasteiger partial charge in [-0.3, -0.25) is 4.79 Å². The van der Waals surface area contributed by atoms with Crippen molar-refractivity contribution in [1.29, 1.82) is 0 Å². The molecule has 1 aliphatic carbocycles. The fraction of sp³-hybridized carbons (Fsp3) is 0.267. The van der Waals surface area contributed by atoms with Gasteiger partial charge in [-0.15, -0.1) is 0 Å². The third-order valence-electron chi connectivity index (χ3n) is 3.58. The standard InChI is InChI=1S/C15H16N2O3/c16-8-10-5-6-13(20-10)15(19)17-14-11-4-2-1-3-9(11)7-12(14)18/h1-6,12,14,18H,7-8,16H2,(H,17,19)/t12-,14+/m0/s1. The predicted octanol–water partition coefficient (Wildman–Crippen LogP) is 1.13. The molecule has 5 heteroatoms. The van der Waals surface area contributed by atoms with Crippen molar-refractivity contribution in [2.24, 2.45) is 5.73 Å². The Balaban J connectivity index is 1.79. The maximum atomic E-state index is 12.1. The highest BCUT2D eigenvalue weighted by molar-refractivity contribution is 5.91. The number of carbonyl (C=O) groups is 1. The minimum Gasteiger partial charge on any atom is -0.455 e. The molecule has 3 rings (SSSR count). The van der Waals surface area contributed by atoms with E-state index < -0.39 is 12.1 Å². The van der Waals surface area contributed by atoms with E-state index in [2.05, 4.69) is 5.32 Å². The van der Waals surface area contributed by atoms with E-state index >= 15 is 0 Å². The number of nitrogens with two attached hydrogens (primary N) is 1. The average molecular weight is 272 g/mol. The molecule has 1 aliphatic rings. The normalized spacial score (nSPS) is 20.7. The highest BCUT2D eigenvalue weighted by Crippen LogP contribution is 2.31. The molecular formula is C15H16N2O3. The number of benzene rings is 1. The zero-order valence-corrected chi connectivity index (χ0v) is 10.9. The number of furan rings is 1. The Morgan fingerprint density at radius 1 is 1.35 bits per heavy atom. The Morgan fingerprint density at radius 3 is 2.90 bits per heavy atom. The monoisotopic (exact) mass is 272 g/mol. The minimum atomic E-state index is -0.611. The van der Waals surface area contributed by atoms with Crippen LogP contribution in [-0.2, 0) is 13.0 Å². The fourth-order valence-electron chi connectivity index (χ4n) is 2.57. The first-order valence-electron chi connectivity index (χ1n) is 6.54. The van der Waals surface area contributed by atoms with Crippen LogP contribution in [-0.4, -0.2) is 17.1 Å². The maximum Gasteiger partial charge on any atom is 0.287 e. The summed E-state index contributed by atoms with van der Waals surface area (Å²) in [6, 6.07) is 10.6. The van der Waals surface area contributed by atoms with Crippen molar-refractivity contribution < 1.29 is 14.3 Å². The van der Waals surface area contributed by atoms with Crippen molar-refractivity contribution in [3.05, 3.63) is 59.0 Å². The topological polar surface area (TPSA) is 88.5 Å². The highest BCUT2D eigenvalue weighted by Gasteiger charge is 2.32. The highest BCUT2D eigenvalue weighted by atomic mass is 16.4. The summed E-state index contributed by atoms with van der Waals surface area (Å²) in [6.07, 6.45) is -0.0619. The second-order valence-electron chi connectivity index (χ2n) is 4.89. The molecule has 1 heterocycles. The Hall–Kier alpha value is -2.11. The lowest BCUT2D eigenvalue weighted by Crippen LogP contribution is -2.33. The van der Waals surface area contributed by atoms with Gasteiger partial charge in [0, 0.05) is 6.42 Å². The van der Waals surface area contributed by atoms with Crippen molar-refractivity contribution in [2.45, 2.75) is 25.1 Å². The Kier molecular flexibility index (Phi) is 3.30. The van der Waals surface area contributed by atoms with E-state index in [1.807, 2.05) is 24.3 Å². The van der Waals surface area contributed by atoms with Gasteiger partial charge in [-0.05, 0) is 23.3 Å². The van der Waals surface area contributed by atoms with Crippen LogP contribution in [0.4, 0.5) is 0 Å². The van der Waals surface area contributed by atoms with Crippen LogP contribution in [0, 0.1) is 0 Å². The molecular weight excluding hydrogens is 256 g/mol. The van der Waals surface area contributed by atoms with Gasteiger partial charge in [0.15, 0.2) is 5.76 Å². The second kappa shape index (κ2) is 5.11. The van der Waals surface area contributed by atoms with Crippen LogP contribution < -0.4 is 11.1 Å². The molecule has 0 spiro atoms. The number of hydrogen-bond donors (Lipinski definition) is 3. The largest absolute Gasteiger partial charge is 0.455 e. The number of rotatable bonds is 3. The van der Waals surface area contributed by atoms with E-state index in [9.17, 15) is 9.90 Å². The van der Waals surface area contributed by atoms with Gasteiger partial charge < -0.3 is 20.6 Å². The smallest absolute Gasteiger partial charge is 0.287 e. The lowest BCUT2D eigenvalue weighted by Gasteiger charge is -2.17. The fourth-order valence-corrected chi connectivity index (χ4v) is 2.57. The van der Waals surface area contributed by atoms with Crippen LogP contribution >= 0.6 is 0 Å². The zero-order chi connectivity index (χ0) is 14.1. The van der Waals surface area contributed by atoms with Crippen LogP contribution in [0.2, 0.25) is 0 Å². The molecule has 1 aromatic heterocycles. The Labute approximate surface area is 116 Å². The molecule has 0 fully saturated rings. The van der Waals surface area contributed by atoms with Crippen molar-refractivity contribution in [3.63, 3.8) is 0 Å². The summed E-state index contributed by atoms with van der Waals surface area (Å²) < 4.78 is 5.31. The Bertz CT molecular complexity index is 636. The first-order chi connectivity index (χ1) is 9.69. The molecule has 1 amide bonds. The number of fused-ring (bicyclic) bond motifs is 1. The van der Waals surface area contributed by atoms with Gasteiger partial charge in [0.2, 0.25) is 0 Å². The number of carbonyl (C=O) groups excluding carboxylic acids is 1. The van der Waals surface area contributed by atoms with Crippen LogP contribution in [0.25, 0.3) is 0 Å². The third-order valence-corrected chi connectivity index (χ3v) is 3.58. The molecule has 0 saturated carbocycles. The molecule has 104 valence electrons. The van der Waals surface area contributed by atoms with Crippen molar-refractivity contribution in [2.75, 3.05) is 0 Å². The van der Waals surface area contributed by atoms with Crippen LogP contribution in [0.1, 0.15) is 33.5 Å². The number of amides is 1. The second-order valence-corrected chi connectivity index (χ2v) is 4.89. The van der Waals surface area contributed by atoms with Crippen LogP contribution in [0.5, 0.6) is 0 Å². The van der Waals surface area contributed by atoms with Gasteiger partial charge in [0.1, 0.15) is 5.76 Å². The van der Waals surface area contributed by atoms with E-state index in [4.69, 9.17) is 10.2 Å². The van der Waals surface area contributed by atoms with Crippen molar-refractivity contribution >= 4 is 5.91 Å². The number of aliphatic hydroxyl groups excluding tert-OH is 1. The van der Waals surface area contributed by atoms with E-state index in [-0.39, 0.29) is 18.2 Å². The third kappa shape index (κ3) is 2.21. The molecule has 2 aromatic rings. The van der Waals surface area contributed by atoms with Gasteiger partial charge in [0.05, 0.1) is 18.7 Å². The van der Waals surface area contributed by atoms with Crippen LogP contribution in [0.3, 0.4) is 0 Å². The van der Waals surface area contributed by atoms with E-state index in [1.165, 1.54) is 0 Å². The van der Waals surface area contributed by atoms with E-state index in [0.717, 1.165) is 11.1 Å². The van der Waals surface area contributed by atoms with E-state index in [1.54, 1.807) is 12.1 Å². The lowest BCUT2D eigenvalue weighted by molar-refractivity contribution is 0.0830. The molecule has 0 unspecified atom stereocenters. The van der Waals surface area contributed by atoms with Gasteiger partial charge in [0.25, 0.3) is 5.91 Å². The lowest BCUT2D eigenvalue weighted by atomic mass is 10.1. The summed E-state index contributed by atoms with van der Waals surface area (Å²) in [7, 11) is 0. The summed E-state index contributed by atoms with van der Waals surface area (Å²) in [6.45, 7) is 0.252. The number of nitrogens with one attached hydrogen (secondary N) is 1. The molecule has 5 nitrogen and oxygen atoms in total. The molecule has 2 atom stereocenters. The molecule has 0 saturated heterocycles. The maximum absolute atomic E-state index is 12.1. The first kappa shape index (κ1) is 12.9. The predicted molar refractivity (Wildman–Crippen MR) is 73.0 cm³/mol. The summed E-state index contributed by atoms with van der Waals surface area (Å²) >= 11 is 0. The zero-order valence-electron chi connectivity index (χ0n) is 10.9. The van der Waals surface area contributed by atoms with Gasteiger partial charge in [-0.25, -0.2) is 0 Å². The van der Waals surface area contributed by atoms with Gasteiger partial charge in [-0.1, -0.05) is 24.3 Å². The first-order valence-corrected chi connectivity index (χ1v) is 6.54. The molecule has 20 heavy (non-hydrogen) atoms. The molecule has 0 aliphatic heterocycles. The number of hydrogen-bond acceptors (Lipinski definition) is 4. The average Bonchev–Trinajstić information content (AvgIpc) is 3.04. The van der Waals surface area contributed by atoms with E-state index in [0.29, 0.717) is 12.2 Å². The molecule has 1 aromatic carbocycles. The summed E-state index contributed by atoms with van der Waals surface area (Å²) in [5.41, 5.74) is 7.47. The summed E-state index contributed by atoms with van der Waals surface area (Å²) in [5, 5.41) is 12.9. The van der Waals surface area contributed by atoms with Gasteiger partial charge >= 0.3 is 0 Å². The number of aliphatic hydroxyl groups is 1. The minimum absolute atomic E-state index is 0.210. The molecule has 0 radical (unpaired) electrons. The molecule has 4 N–H and O–H groups in total. The molecule has 0 bridgehead atoms. The van der Waals surface area contributed by atoms with Crippen molar-refractivity contribution in [3.8, 4) is 0 Å². The van der Waals surface area contributed by atoms with Crippen LogP contribution in [0.15, 0.2) is 40.8 Å². The van der Waals surface area contributed by atoms with Gasteiger partial charge in [-0.2, -0.15) is 0 Å². The quantitative estimate of drug-likeness (QED) is 0.781. The Morgan fingerprint density at radius 2 is 2.15 bits per heavy atom. The summed E-state index contributed by atoms with van der Waals surface area (Å²) in [4.78, 5) is 12.1. The summed E-state index contributed by atoms with van der Waals surface area (Å²) in [5.74, 6) is 0.426. The SMILES string of the molecule is NCc1ccc(C(=O)N[C@@H]2c3ccccc3C[C@@H]2O)o1. The van der Waals surface area contributed by atoms with Crippen molar-refractivity contribution in [1.82, 2.24) is 5.32 Å².